The Morgan fingerprint density at radius 3 is 2.60 bits per heavy atom. The van der Waals surface area contributed by atoms with Crippen molar-refractivity contribution in [3.63, 3.8) is 0 Å². The molecular formula is C5H11N3O2. The van der Waals surface area contributed by atoms with Gasteiger partial charge >= 0.3 is 0 Å². The molecule has 0 atom stereocenters. The van der Waals surface area contributed by atoms with Gasteiger partial charge in [-0.3, -0.25) is 0 Å². The van der Waals surface area contributed by atoms with Gasteiger partial charge in [0.2, 0.25) is 0 Å². The first-order valence-electron chi connectivity index (χ1n) is 2.98. The van der Waals surface area contributed by atoms with E-state index in [2.05, 4.69) is 5.10 Å². The Morgan fingerprint density at radius 2 is 2.30 bits per heavy atom. The highest BCUT2D eigenvalue weighted by atomic mass is 16.7. The molecule has 0 fully saturated rings. The Morgan fingerprint density at radius 1 is 1.80 bits per heavy atom. The van der Waals surface area contributed by atoms with Crippen LogP contribution in [0.25, 0.3) is 0 Å². The van der Waals surface area contributed by atoms with Crippen LogP contribution < -0.4 is 0 Å². The molecule has 0 aromatic heterocycles. The lowest BCUT2D eigenvalue weighted by Crippen LogP contribution is -2.24. The van der Waals surface area contributed by atoms with Gasteiger partial charge in [-0.05, 0) is 6.92 Å². The molecule has 0 aromatic carbocycles. The summed E-state index contributed by atoms with van der Waals surface area (Å²) >= 11 is 0. The Bertz CT molecular complexity index is 155. The molecule has 0 rings (SSSR count). The lowest BCUT2D eigenvalue weighted by atomic mass is 10.5. The topological polar surface area (TPSA) is 58.7 Å². The van der Waals surface area contributed by atoms with Crippen LogP contribution in [0.1, 0.15) is 13.8 Å². The van der Waals surface area contributed by atoms with E-state index in [0.717, 1.165) is 6.54 Å². The number of hydrogen-bond acceptors (Lipinski definition) is 2. The molecular weight excluding hydrogens is 134 g/mol. The van der Waals surface area contributed by atoms with Crippen LogP contribution in [0.3, 0.4) is 0 Å². The average molecular weight is 145 g/mol. The highest BCUT2D eigenvalue weighted by molar-refractivity contribution is 5.78. The zero-order chi connectivity index (χ0) is 8.15. The van der Waals surface area contributed by atoms with Gasteiger partial charge in [0.05, 0.1) is 5.10 Å². The fraction of sp³-hybridized carbons (Fsp3) is 0.800. The van der Waals surface area contributed by atoms with Crippen molar-refractivity contribution in [2.45, 2.75) is 13.8 Å². The summed E-state index contributed by atoms with van der Waals surface area (Å²) in [6.07, 6.45) is 0. The summed E-state index contributed by atoms with van der Waals surface area (Å²) in [5, 5.41) is 12.2. The second-order valence-electron chi connectivity index (χ2n) is 1.90. The molecule has 0 unspecified atom stereocenters. The molecule has 5 nitrogen and oxygen atoms in total. The van der Waals surface area contributed by atoms with Gasteiger partial charge in [0.1, 0.15) is 0 Å². The largest absolute Gasteiger partial charge is 0.359 e. The van der Waals surface area contributed by atoms with Crippen LogP contribution in [-0.4, -0.2) is 29.4 Å². The second kappa shape index (κ2) is 3.81. The number of hydrazone groups is 1. The summed E-state index contributed by atoms with van der Waals surface area (Å²) in [6, 6.07) is 0. The van der Waals surface area contributed by atoms with Gasteiger partial charge in [0.25, 0.3) is 0 Å². The molecule has 0 N–H and O–H groups in total. The van der Waals surface area contributed by atoms with Crippen LogP contribution in [0.2, 0.25) is 0 Å². The minimum absolute atomic E-state index is 0.424. The van der Waals surface area contributed by atoms with Crippen molar-refractivity contribution in [3.05, 3.63) is 10.1 Å². The van der Waals surface area contributed by atoms with Crippen LogP contribution in [-0.2, 0) is 0 Å². The quantitative estimate of drug-likeness (QED) is 0.247. The van der Waals surface area contributed by atoms with Crippen LogP contribution in [0.4, 0.5) is 0 Å². The van der Waals surface area contributed by atoms with E-state index in [9.17, 15) is 10.1 Å². The third kappa shape index (κ3) is 3.01. The summed E-state index contributed by atoms with van der Waals surface area (Å²) in [7, 11) is 1.75. The van der Waals surface area contributed by atoms with E-state index in [-0.39, 0.29) is 0 Å². The van der Waals surface area contributed by atoms with E-state index < -0.39 is 5.03 Å². The Balaban J connectivity index is 4.04. The lowest BCUT2D eigenvalue weighted by molar-refractivity contribution is -0.485. The number of amidine groups is 1. The van der Waals surface area contributed by atoms with Crippen LogP contribution in [0.15, 0.2) is 5.10 Å². The van der Waals surface area contributed by atoms with Crippen molar-refractivity contribution in [1.82, 2.24) is 4.90 Å². The standard InChI is InChI=1S/C5H11N3O2/c1-4-7(3)5(2)6-8(9)10/h4H2,1-3H3/b6-5-. The molecule has 0 aliphatic heterocycles. The predicted octanol–water partition coefficient (Wildman–Crippen LogP) is 0.548. The molecule has 0 saturated heterocycles. The minimum Gasteiger partial charge on any atom is -0.359 e. The van der Waals surface area contributed by atoms with Crippen LogP contribution >= 0.6 is 0 Å². The first-order chi connectivity index (χ1) is 4.57. The molecule has 0 spiro atoms. The van der Waals surface area contributed by atoms with E-state index in [4.69, 9.17) is 0 Å². The summed E-state index contributed by atoms with van der Waals surface area (Å²) in [6.45, 7) is 4.23. The van der Waals surface area contributed by atoms with Crippen molar-refractivity contribution in [1.29, 1.82) is 0 Å². The van der Waals surface area contributed by atoms with Crippen molar-refractivity contribution in [2.75, 3.05) is 13.6 Å². The third-order valence-electron chi connectivity index (χ3n) is 1.25. The van der Waals surface area contributed by atoms with Crippen molar-refractivity contribution in [3.8, 4) is 0 Å². The fourth-order valence-electron chi connectivity index (χ4n) is 0.423. The Kier molecular flexibility index (Phi) is 3.38. The summed E-state index contributed by atoms with van der Waals surface area (Å²) in [5.41, 5.74) is 0. The van der Waals surface area contributed by atoms with Crippen molar-refractivity contribution >= 4 is 5.84 Å². The molecule has 0 aliphatic carbocycles. The van der Waals surface area contributed by atoms with E-state index in [1.165, 1.54) is 0 Å². The maximum Gasteiger partial charge on any atom is 0.192 e. The molecule has 0 radical (unpaired) electrons. The van der Waals surface area contributed by atoms with Gasteiger partial charge in [-0.15, -0.1) is 0 Å². The van der Waals surface area contributed by atoms with E-state index in [0.29, 0.717) is 5.84 Å². The first kappa shape index (κ1) is 8.87. The predicted molar refractivity (Wildman–Crippen MR) is 38.4 cm³/mol. The van der Waals surface area contributed by atoms with E-state index in [1.807, 2.05) is 6.92 Å². The highest BCUT2D eigenvalue weighted by Gasteiger charge is 2.00. The molecule has 0 aliphatic rings. The van der Waals surface area contributed by atoms with Gasteiger partial charge in [0.15, 0.2) is 10.9 Å². The van der Waals surface area contributed by atoms with Crippen LogP contribution in [0, 0.1) is 10.1 Å². The average Bonchev–Trinajstić information content (AvgIpc) is 1.85. The molecule has 0 aromatic rings. The molecule has 0 saturated carbocycles. The molecule has 0 heterocycles. The Labute approximate surface area is 59.5 Å². The van der Waals surface area contributed by atoms with Crippen LogP contribution in [0.5, 0.6) is 0 Å². The highest BCUT2D eigenvalue weighted by Crippen LogP contribution is 1.85. The smallest absolute Gasteiger partial charge is 0.192 e. The maximum atomic E-state index is 9.82. The lowest BCUT2D eigenvalue weighted by Gasteiger charge is -2.11. The summed E-state index contributed by atoms with van der Waals surface area (Å²) in [4.78, 5) is 11.5. The number of nitrogens with zero attached hydrogens (tertiary/aromatic N) is 3. The van der Waals surface area contributed by atoms with Crippen molar-refractivity contribution in [2.24, 2.45) is 5.10 Å². The summed E-state index contributed by atoms with van der Waals surface area (Å²) in [5.74, 6) is 0.424. The number of nitro groups is 1. The van der Waals surface area contributed by atoms with Gasteiger partial charge < -0.3 is 4.90 Å². The second-order valence-corrected chi connectivity index (χ2v) is 1.90. The zero-order valence-electron chi connectivity index (χ0n) is 6.37. The summed E-state index contributed by atoms with van der Waals surface area (Å²) < 4.78 is 0. The number of rotatable bonds is 2. The molecule has 10 heavy (non-hydrogen) atoms. The van der Waals surface area contributed by atoms with Gasteiger partial charge in [-0.25, -0.2) is 10.1 Å². The molecule has 0 bridgehead atoms. The van der Waals surface area contributed by atoms with E-state index >= 15 is 0 Å². The van der Waals surface area contributed by atoms with E-state index in [1.54, 1.807) is 18.9 Å². The molecule has 0 amide bonds. The normalized spacial score (nSPS) is 11.3. The zero-order valence-corrected chi connectivity index (χ0v) is 6.37. The molecule has 5 heteroatoms. The monoisotopic (exact) mass is 145 g/mol. The minimum atomic E-state index is -0.693. The van der Waals surface area contributed by atoms with Gasteiger partial charge in [-0.1, -0.05) is 0 Å². The number of hydrogen-bond donors (Lipinski definition) is 0. The SMILES string of the molecule is CCN(C)/C(C)=N\[N+](=O)[O-]. The van der Waals surface area contributed by atoms with Gasteiger partial charge in [-0.2, -0.15) is 0 Å². The van der Waals surface area contributed by atoms with Gasteiger partial charge in [0, 0.05) is 20.5 Å². The van der Waals surface area contributed by atoms with Crippen molar-refractivity contribution < 1.29 is 5.03 Å². The third-order valence-corrected chi connectivity index (χ3v) is 1.25. The maximum absolute atomic E-state index is 9.82. The fourth-order valence-corrected chi connectivity index (χ4v) is 0.423. The Hall–Kier alpha value is -1.13. The first-order valence-corrected chi connectivity index (χ1v) is 2.98. The molecule has 58 valence electrons.